The Morgan fingerprint density at radius 2 is 1.79 bits per heavy atom. The average Bonchev–Trinajstić information content (AvgIpc) is 2.63. The molecule has 0 fully saturated rings. The van der Waals surface area contributed by atoms with Crippen molar-refractivity contribution in [1.29, 1.82) is 0 Å². The van der Waals surface area contributed by atoms with E-state index in [4.69, 9.17) is 9.84 Å². The number of hydrogen-bond acceptors (Lipinski definition) is 6. The molecule has 1 aromatic carbocycles. The van der Waals surface area contributed by atoms with Gasteiger partial charge in [0.15, 0.2) is 11.5 Å². The second kappa shape index (κ2) is 9.03. The topological polar surface area (TPSA) is 127 Å². The molecule has 150 valence electrons. The molecule has 1 atom stereocenters. The minimum absolute atomic E-state index is 0.0828. The largest absolute Gasteiger partial charge is 0.511 e. The zero-order valence-corrected chi connectivity index (χ0v) is 15.7. The van der Waals surface area contributed by atoms with Gasteiger partial charge in [0.25, 0.3) is 0 Å². The van der Waals surface area contributed by atoms with Crippen LogP contribution < -0.4 is 0 Å². The highest BCUT2D eigenvalue weighted by molar-refractivity contribution is 5.80. The van der Waals surface area contributed by atoms with Gasteiger partial charge in [-0.2, -0.15) is 0 Å². The Balaban J connectivity index is 2.36. The lowest BCUT2D eigenvalue weighted by molar-refractivity contribution is -0.131. The van der Waals surface area contributed by atoms with Crippen molar-refractivity contribution in [3.05, 3.63) is 59.1 Å². The van der Waals surface area contributed by atoms with Crippen LogP contribution in [0.3, 0.4) is 0 Å². The molecule has 7 heteroatoms. The number of phenolic OH excluding ortho intramolecular Hbond substituents is 3. The molecule has 0 aromatic heterocycles. The Morgan fingerprint density at radius 3 is 2.43 bits per heavy atom. The van der Waals surface area contributed by atoms with Crippen LogP contribution in [0.1, 0.15) is 31.7 Å². The van der Waals surface area contributed by atoms with Crippen LogP contribution in [-0.4, -0.2) is 38.6 Å². The fraction of sp³-hybridized carbons (Fsp3) is 0.286. The number of aliphatic carboxylic acids is 1. The van der Waals surface area contributed by atoms with Gasteiger partial charge in [-0.05, 0) is 44.4 Å². The molecule has 1 unspecified atom stereocenters. The number of carboxylic acid groups (broad SMARTS) is 1. The van der Waals surface area contributed by atoms with Gasteiger partial charge in [0.05, 0.1) is 7.11 Å². The van der Waals surface area contributed by atoms with E-state index < -0.39 is 11.7 Å². The van der Waals surface area contributed by atoms with Crippen molar-refractivity contribution in [3.63, 3.8) is 0 Å². The molecule has 1 aliphatic carbocycles. The van der Waals surface area contributed by atoms with Gasteiger partial charge in [-0.25, -0.2) is 4.79 Å². The van der Waals surface area contributed by atoms with E-state index in [9.17, 15) is 25.2 Å². The molecule has 0 saturated heterocycles. The van der Waals surface area contributed by atoms with Crippen molar-refractivity contribution in [1.82, 2.24) is 0 Å². The molecule has 0 aliphatic heterocycles. The summed E-state index contributed by atoms with van der Waals surface area (Å²) < 4.78 is 5.13. The van der Waals surface area contributed by atoms with Gasteiger partial charge in [-0.3, -0.25) is 0 Å². The first-order valence-corrected chi connectivity index (χ1v) is 8.75. The Bertz CT molecular complexity index is 875. The van der Waals surface area contributed by atoms with E-state index in [1.165, 1.54) is 19.3 Å². The van der Waals surface area contributed by atoms with Gasteiger partial charge < -0.3 is 30.3 Å². The summed E-state index contributed by atoms with van der Waals surface area (Å²) in [6.07, 6.45) is 7.77. The van der Waals surface area contributed by atoms with Crippen molar-refractivity contribution >= 4 is 11.5 Å². The highest BCUT2D eigenvalue weighted by atomic mass is 16.5. The fourth-order valence-corrected chi connectivity index (χ4v) is 3.15. The second-order valence-corrected chi connectivity index (χ2v) is 6.55. The standard InChI is InChI=1S/C21H24O7/c1-12(9-14(28-2)6-7-20(25)26)8-13-4-3-5-15(21(13)27)16-10-18(23)19(24)11-17(16)22/h6-11,13,22-24,27H,3-5H2,1-2H3,(H,25,26)/b7-6+,12-8+,14-9-. The van der Waals surface area contributed by atoms with Crippen molar-refractivity contribution in [2.24, 2.45) is 5.92 Å². The normalized spacial score (nSPS) is 18.6. The van der Waals surface area contributed by atoms with Crippen LogP contribution in [0, 0.1) is 5.92 Å². The summed E-state index contributed by atoms with van der Waals surface area (Å²) >= 11 is 0. The number of ether oxygens (including phenoxy) is 1. The maximum absolute atomic E-state index is 10.7. The van der Waals surface area contributed by atoms with Crippen molar-refractivity contribution < 1.29 is 35.1 Å². The smallest absolute Gasteiger partial charge is 0.328 e. The van der Waals surface area contributed by atoms with Gasteiger partial charge >= 0.3 is 5.97 Å². The number of carbonyl (C=O) groups is 1. The number of aliphatic hydroxyl groups excluding tert-OH is 1. The molecule has 0 heterocycles. The Hall–Kier alpha value is -3.35. The zero-order chi connectivity index (χ0) is 20.8. The number of allylic oxidation sites excluding steroid dienone is 5. The highest BCUT2D eigenvalue weighted by Gasteiger charge is 2.24. The number of methoxy groups -OCH3 is 1. The van der Waals surface area contributed by atoms with Crippen LogP contribution in [0.25, 0.3) is 5.57 Å². The maximum Gasteiger partial charge on any atom is 0.328 e. The third-order valence-electron chi connectivity index (χ3n) is 4.48. The minimum Gasteiger partial charge on any atom is -0.511 e. The number of carboxylic acids is 1. The van der Waals surface area contributed by atoms with E-state index in [2.05, 4.69) is 0 Å². The first-order chi connectivity index (χ1) is 13.2. The predicted octanol–water partition coefficient (Wildman–Crippen LogP) is 3.99. The molecule has 0 amide bonds. The molecule has 0 saturated carbocycles. The average molecular weight is 388 g/mol. The summed E-state index contributed by atoms with van der Waals surface area (Å²) in [7, 11) is 1.43. The predicted molar refractivity (Wildman–Crippen MR) is 104 cm³/mol. The summed E-state index contributed by atoms with van der Waals surface area (Å²) in [5, 5.41) is 48.7. The number of rotatable bonds is 6. The number of benzene rings is 1. The number of aliphatic hydroxyl groups is 1. The van der Waals surface area contributed by atoms with E-state index in [1.54, 1.807) is 13.0 Å². The lowest BCUT2D eigenvalue weighted by Crippen LogP contribution is -2.10. The van der Waals surface area contributed by atoms with E-state index in [0.717, 1.165) is 24.1 Å². The number of hydrogen-bond donors (Lipinski definition) is 5. The monoisotopic (exact) mass is 388 g/mol. The van der Waals surface area contributed by atoms with Crippen molar-refractivity contribution in [2.75, 3.05) is 7.11 Å². The van der Waals surface area contributed by atoms with Crippen LogP contribution in [0.2, 0.25) is 0 Å². The first-order valence-electron chi connectivity index (χ1n) is 8.75. The van der Waals surface area contributed by atoms with Crippen LogP contribution in [0.4, 0.5) is 0 Å². The van der Waals surface area contributed by atoms with Crippen LogP contribution >= 0.6 is 0 Å². The van der Waals surface area contributed by atoms with Crippen LogP contribution in [0.15, 0.2) is 53.5 Å². The summed E-state index contributed by atoms with van der Waals surface area (Å²) in [4.78, 5) is 10.6. The van der Waals surface area contributed by atoms with E-state index in [1.807, 2.05) is 6.08 Å². The molecule has 0 radical (unpaired) electrons. The van der Waals surface area contributed by atoms with E-state index in [-0.39, 0.29) is 28.7 Å². The molecule has 28 heavy (non-hydrogen) atoms. The molecule has 7 nitrogen and oxygen atoms in total. The first kappa shape index (κ1) is 21.0. The molecule has 1 aliphatic rings. The van der Waals surface area contributed by atoms with E-state index in [0.29, 0.717) is 24.2 Å². The lowest BCUT2D eigenvalue weighted by atomic mass is 9.84. The quantitative estimate of drug-likeness (QED) is 0.164. The van der Waals surface area contributed by atoms with E-state index >= 15 is 0 Å². The Kier molecular flexibility index (Phi) is 6.76. The summed E-state index contributed by atoms with van der Waals surface area (Å²) in [6.45, 7) is 1.80. The van der Waals surface area contributed by atoms with Crippen molar-refractivity contribution in [2.45, 2.75) is 26.2 Å². The highest BCUT2D eigenvalue weighted by Crippen LogP contribution is 2.42. The summed E-state index contributed by atoms with van der Waals surface area (Å²) in [6, 6.07) is 2.27. The second-order valence-electron chi connectivity index (χ2n) is 6.55. The minimum atomic E-state index is -1.08. The maximum atomic E-state index is 10.7. The van der Waals surface area contributed by atoms with Crippen LogP contribution in [0.5, 0.6) is 17.2 Å². The third-order valence-corrected chi connectivity index (χ3v) is 4.48. The van der Waals surface area contributed by atoms with Gasteiger partial charge in [0.1, 0.15) is 17.3 Å². The third kappa shape index (κ3) is 5.09. The molecular formula is C21H24O7. The molecular weight excluding hydrogens is 364 g/mol. The molecule has 1 aromatic rings. The molecule has 0 bridgehead atoms. The zero-order valence-electron chi connectivity index (χ0n) is 15.7. The molecule has 0 spiro atoms. The van der Waals surface area contributed by atoms with Gasteiger partial charge in [-0.1, -0.05) is 11.6 Å². The van der Waals surface area contributed by atoms with Gasteiger partial charge in [0.2, 0.25) is 0 Å². The van der Waals surface area contributed by atoms with Gasteiger partial charge in [0, 0.05) is 29.2 Å². The fourth-order valence-electron chi connectivity index (χ4n) is 3.15. The number of phenols is 3. The molecule has 2 rings (SSSR count). The van der Waals surface area contributed by atoms with Crippen LogP contribution in [-0.2, 0) is 9.53 Å². The summed E-state index contributed by atoms with van der Waals surface area (Å²) in [5.74, 6) is -1.98. The molecule has 5 N–H and O–H groups in total. The lowest BCUT2D eigenvalue weighted by Gasteiger charge is -2.24. The Morgan fingerprint density at radius 1 is 1.11 bits per heavy atom. The van der Waals surface area contributed by atoms with Gasteiger partial charge in [-0.15, -0.1) is 0 Å². The number of aromatic hydroxyl groups is 3. The summed E-state index contributed by atoms with van der Waals surface area (Å²) in [5.41, 5.74) is 1.55. The Labute approximate surface area is 162 Å². The SMILES string of the molecule is COC(=C\C(C)=C\C1CCCC(c2cc(O)c(O)cc2O)=C1O)/C=C/C(=O)O. The van der Waals surface area contributed by atoms with Crippen molar-refractivity contribution in [3.8, 4) is 17.2 Å².